The summed E-state index contributed by atoms with van der Waals surface area (Å²) in [5, 5.41) is 1.11. The van der Waals surface area contributed by atoms with Gasteiger partial charge in [-0.1, -0.05) is 0 Å². The van der Waals surface area contributed by atoms with Crippen LogP contribution in [0.25, 0.3) is 11.0 Å². The van der Waals surface area contributed by atoms with E-state index < -0.39 is 0 Å². The number of aryl methyl sites for hydroxylation is 1. The van der Waals surface area contributed by atoms with E-state index in [9.17, 15) is 0 Å². The van der Waals surface area contributed by atoms with Crippen LogP contribution in [0.4, 0.5) is 11.6 Å². The summed E-state index contributed by atoms with van der Waals surface area (Å²) in [6.07, 6.45) is 7.12. The van der Waals surface area contributed by atoms with Crippen molar-refractivity contribution in [2.45, 2.75) is 6.92 Å². The van der Waals surface area contributed by atoms with Gasteiger partial charge in [0, 0.05) is 56.0 Å². The minimum atomic E-state index is 0.656. The first kappa shape index (κ1) is 13.7. The molecule has 0 aliphatic carbocycles. The van der Waals surface area contributed by atoms with Gasteiger partial charge < -0.3 is 14.8 Å². The number of rotatable bonds is 2. The first-order valence-corrected chi connectivity index (χ1v) is 8.34. The number of fused-ring (bicyclic) bond motifs is 2. The van der Waals surface area contributed by atoms with Gasteiger partial charge in [0.15, 0.2) is 0 Å². The SMILES string of the molecule is Cc1cncnc1N1CC2CN(c3ncnc4[nH]ccc34)CC2C1. The number of hydrogen-bond acceptors (Lipinski definition) is 6. The third-order valence-electron chi connectivity index (χ3n) is 5.29. The molecular formula is C17H19N7. The molecule has 2 atom stereocenters. The molecule has 3 aromatic rings. The highest BCUT2D eigenvalue weighted by molar-refractivity contribution is 5.87. The van der Waals surface area contributed by atoms with Crippen LogP contribution in [0.15, 0.2) is 31.1 Å². The topological polar surface area (TPSA) is 73.8 Å². The standard InChI is InChI=1S/C17H19N7/c1-11-4-18-9-21-16(11)23-5-12-7-24(8-13(12)6-23)17-14-2-3-19-15(14)20-10-22-17/h2-4,9-10,12-13H,5-8H2,1H3,(H,19,20,22). The lowest BCUT2D eigenvalue weighted by Gasteiger charge is -2.24. The minimum Gasteiger partial charge on any atom is -0.356 e. The predicted molar refractivity (Wildman–Crippen MR) is 92.1 cm³/mol. The van der Waals surface area contributed by atoms with Crippen molar-refractivity contribution in [1.29, 1.82) is 0 Å². The molecule has 0 saturated carbocycles. The number of nitrogens with zero attached hydrogens (tertiary/aromatic N) is 6. The van der Waals surface area contributed by atoms with Crippen molar-refractivity contribution in [3.8, 4) is 0 Å². The summed E-state index contributed by atoms with van der Waals surface area (Å²) < 4.78 is 0. The number of hydrogen-bond donors (Lipinski definition) is 1. The van der Waals surface area contributed by atoms with Crippen LogP contribution in [0.5, 0.6) is 0 Å². The van der Waals surface area contributed by atoms with E-state index in [1.54, 1.807) is 12.7 Å². The van der Waals surface area contributed by atoms with E-state index in [1.165, 1.54) is 0 Å². The van der Waals surface area contributed by atoms with Crippen molar-refractivity contribution >= 4 is 22.7 Å². The van der Waals surface area contributed by atoms with E-state index in [2.05, 4.69) is 47.7 Å². The highest BCUT2D eigenvalue weighted by Gasteiger charge is 2.41. The average Bonchev–Trinajstić information content (AvgIpc) is 3.28. The van der Waals surface area contributed by atoms with Crippen LogP contribution in [-0.2, 0) is 0 Å². The third-order valence-corrected chi connectivity index (χ3v) is 5.29. The van der Waals surface area contributed by atoms with E-state index in [0.717, 1.165) is 54.4 Å². The van der Waals surface area contributed by atoms with Gasteiger partial charge in [0.1, 0.15) is 29.9 Å². The van der Waals surface area contributed by atoms with Gasteiger partial charge in [0.05, 0.1) is 5.39 Å². The Labute approximate surface area is 139 Å². The molecule has 3 aromatic heterocycles. The molecular weight excluding hydrogens is 302 g/mol. The van der Waals surface area contributed by atoms with Crippen molar-refractivity contribution in [3.63, 3.8) is 0 Å². The molecule has 2 fully saturated rings. The molecule has 2 aliphatic heterocycles. The lowest BCUT2D eigenvalue weighted by atomic mass is 10.0. The van der Waals surface area contributed by atoms with Crippen LogP contribution >= 0.6 is 0 Å². The Morgan fingerprint density at radius 1 is 0.958 bits per heavy atom. The molecule has 0 amide bonds. The Morgan fingerprint density at radius 3 is 2.42 bits per heavy atom. The number of nitrogens with one attached hydrogen (secondary N) is 1. The molecule has 2 saturated heterocycles. The van der Waals surface area contributed by atoms with Crippen molar-refractivity contribution in [2.24, 2.45) is 11.8 Å². The number of aromatic amines is 1. The average molecular weight is 321 g/mol. The Balaban J connectivity index is 1.37. The number of anilines is 2. The van der Waals surface area contributed by atoms with Gasteiger partial charge in [-0.15, -0.1) is 0 Å². The van der Waals surface area contributed by atoms with Crippen LogP contribution in [0.3, 0.4) is 0 Å². The summed E-state index contributed by atoms with van der Waals surface area (Å²) in [5.74, 6) is 3.45. The fraction of sp³-hybridized carbons (Fsp3) is 0.412. The van der Waals surface area contributed by atoms with Crippen molar-refractivity contribution in [3.05, 3.63) is 36.7 Å². The van der Waals surface area contributed by atoms with Crippen molar-refractivity contribution < 1.29 is 0 Å². The Bertz CT molecular complexity index is 875. The van der Waals surface area contributed by atoms with Gasteiger partial charge in [0.2, 0.25) is 0 Å². The van der Waals surface area contributed by atoms with Crippen LogP contribution in [0.1, 0.15) is 5.56 Å². The molecule has 24 heavy (non-hydrogen) atoms. The Morgan fingerprint density at radius 2 is 1.67 bits per heavy atom. The summed E-state index contributed by atoms with van der Waals surface area (Å²) in [4.78, 5) is 25.4. The summed E-state index contributed by atoms with van der Waals surface area (Å²) in [5.41, 5.74) is 2.06. The van der Waals surface area contributed by atoms with E-state index in [4.69, 9.17) is 0 Å². The molecule has 7 heteroatoms. The van der Waals surface area contributed by atoms with Gasteiger partial charge in [-0.3, -0.25) is 0 Å². The zero-order valence-corrected chi connectivity index (χ0v) is 13.6. The summed E-state index contributed by atoms with van der Waals surface area (Å²) in [6.45, 7) is 6.28. The fourth-order valence-corrected chi connectivity index (χ4v) is 4.17. The van der Waals surface area contributed by atoms with Gasteiger partial charge in [-0.2, -0.15) is 0 Å². The quantitative estimate of drug-likeness (QED) is 0.773. The van der Waals surface area contributed by atoms with Crippen LogP contribution in [-0.4, -0.2) is 51.1 Å². The predicted octanol–water partition coefficient (Wildman–Crippen LogP) is 1.63. The van der Waals surface area contributed by atoms with Crippen molar-refractivity contribution in [1.82, 2.24) is 24.9 Å². The lowest BCUT2D eigenvalue weighted by molar-refractivity contribution is 0.533. The molecule has 0 spiro atoms. The second-order valence-electron chi connectivity index (χ2n) is 6.80. The Hall–Kier alpha value is -2.70. The molecule has 7 nitrogen and oxygen atoms in total. The molecule has 1 N–H and O–H groups in total. The first-order chi connectivity index (χ1) is 11.8. The maximum atomic E-state index is 4.54. The molecule has 2 aliphatic rings. The monoisotopic (exact) mass is 321 g/mol. The van der Waals surface area contributed by atoms with E-state index in [-0.39, 0.29) is 0 Å². The van der Waals surface area contributed by atoms with Crippen LogP contribution in [0, 0.1) is 18.8 Å². The molecule has 0 aromatic carbocycles. The van der Waals surface area contributed by atoms with E-state index in [0.29, 0.717) is 11.8 Å². The second-order valence-corrected chi connectivity index (χ2v) is 6.80. The van der Waals surface area contributed by atoms with Gasteiger partial charge >= 0.3 is 0 Å². The fourth-order valence-electron chi connectivity index (χ4n) is 4.17. The zero-order chi connectivity index (χ0) is 16.1. The molecule has 122 valence electrons. The summed E-state index contributed by atoms with van der Waals surface area (Å²) in [6, 6.07) is 2.06. The van der Waals surface area contributed by atoms with Crippen LogP contribution < -0.4 is 9.80 Å². The maximum absolute atomic E-state index is 4.54. The van der Waals surface area contributed by atoms with Gasteiger partial charge in [0.25, 0.3) is 0 Å². The number of H-pyrrole nitrogens is 1. The lowest BCUT2D eigenvalue weighted by Crippen LogP contribution is -2.30. The first-order valence-electron chi connectivity index (χ1n) is 8.34. The largest absolute Gasteiger partial charge is 0.356 e. The molecule has 0 radical (unpaired) electrons. The summed E-state index contributed by atoms with van der Waals surface area (Å²) in [7, 11) is 0. The van der Waals surface area contributed by atoms with Crippen molar-refractivity contribution in [2.75, 3.05) is 36.0 Å². The highest BCUT2D eigenvalue weighted by atomic mass is 15.3. The highest BCUT2D eigenvalue weighted by Crippen LogP contribution is 2.37. The van der Waals surface area contributed by atoms with E-state index >= 15 is 0 Å². The Kier molecular flexibility index (Phi) is 2.95. The number of aromatic nitrogens is 5. The molecule has 5 heterocycles. The summed E-state index contributed by atoms with van der Waals surface area (Å²) >= 11 is 0. The van der Waals surface area contributed by atoms with Crippen LogP contribution in [0.2, 0.25) is 0 Å². The van der Waals surface area contributed by atoms with Gasteiger partial charge in [-0.05, 0) is 13.0 Å². The smallest absolute Gasteiger partial charge is 0.142 e. The van der Waals surface area contributed by atoms with Gasteiger partial charge in [-0.25, -0.2) is 19.9 Å². The maximum Gasteiger partial charge on any atom is 0.142 e. The molecule has 5 rings (SSSR count). The molecule has 0 bridgehead atoms. The minimum absolute atomic E-state index is 0.656. The molecule has 2 unspecified atom stereocenters. The third kappa shape index (κ3) is 2.04. The second kappa shape index (κ2) is 5.15. The normalized spacial score (nSPS) is 23.2. The van der Waals surface area contributed by atoms with E-state index in [1.807, 2.05) is 12.4 Å². The zero-order valence-electron chi connectivity index (χ0n) is 13.6.